The van der Waals surface area contributed by atoms with Crippen molar-refractivity contribution in [3.8, 4) is 11.5 Å². The number of hydrogen-bond acceptors (Lipinski definition) is 5. The molecule has 2 aromatic rings. The zero-order valence-corrected chi connectivity index (χ0v) is 13.7. The first-order valence-electron chi connectivity index (χ1n) is 6.50. The fraction of sp³-hybridized carbons (Fsp3) is 0.133. The molecule has 0 heterocycles. The molecule has 0 atom stereocenters. The molecule has 0 unspecified atom stereocenters. The lowest BCUT2D eigenvalue weighted by Crippen LogP contribution is -2.20. The number of nitro groups is 1. The van der Waals surface area contributed by atoms with Gasteiger partial charge >= 0.3 is 5.69 Å². The number of amides is 1. The van der Waals surface area contributed by atoms with Crippen LogP contribution >= 0.6 is 15.9 Å². The van der Waals surface area contributed by atoms with Crippen molar-refractivity contribution >= 4 is 33.2 Å². The summed E-state index contributed by atoms with van der Waals surface area (Å²) in [5.41, 5.74) is 0.330. The molecule has 0 saturated heterocycles. The van der Waals surface area contributed by atoms with Gasteiger partial charge in [0.1, 0.15) is 5.75 Å². The van der Waals surface area contributed by atoms with Crippen molar-refractivity contribution in [2.24, 2.45) is 0 Å². The second-order valence-electron chi connectivity index (χ2n) is 4.44. The number of halogens is 1. The number of methoxy groups -OCH3 is 1. The van der Waals surface area contributed by atoms with Crippen LogP contribution in [0.3, 0.4) is 0 Å². The van der Waals surface area contributed by atoms with Crippen molar-refractivity contribution in [3.05, 3.63) is 57.1 Å². The van der Waals surface area contributed by atoms with Crippen LogP contribution in [0.25, 0.3) is 0 Å². The number of ether oxygens (including phenoxy) is 2. The first kappa shape index (κ1) is 16.8. The van der Waals surface area contributed by atoms with Gasteiger partial charge in [0.25, 0.3) is 5.91 Å². The number of hydrogen-bond donors (Lipinski definition) is 1. The zero-order valence-electron chi connectivity index (χ0n) is 12.1. The maximum atomic E-state index is 11.9. The molecule has 0 spiro atoms. The molecule has 0 aliphatic rings. The van der Waals surface area contributed by atoms with Crippen LogP contribution in [-0.4, -0.2) is 24.5 Å². The van der Waals surface area contributed by atoms with Crippen LogP contribution in [0.15, 0.2) is 46.9 Å². The molecule has 120 valence electrons. The summed E-state index contributed by atoms with van der Waals surface area (Å²) < 4.78 is 11.0. The van der Waals surface area contributed by atoms with Crippen LogP contribution in [0, 0.1) is 10.1 Å². The molecule has 23 heavy (non-hydrogen) atoms. The van der Waals surface area contributed by atoms with Gasteiger partial charge in [-0.05, 0) is 30.3 Å². The van der Waals surface area contributed by atoms with E-state index in [9.17, 15) is 14.9 Å². The molecule has 0 aromatic heterocycles. The molecule has 0 aliphatic carbocycles. The van der Waals surface area contributed by atoms with Gasteiger partial charge < -0.3 is 14.8 Å². The highest BCUT2D eigenvalue weighted by Gasteiger charge is 2.17. The summed E-state index contributed by atoms with van der Waals surface area (Å²) >= 11 is 3.30. The molecule has 0 fully saturated rings. The van der Waals surface area contributed by atoms with Crippen molar-refractivity contribution in [3.63, 3.8) is 0 Å². The van der Waals surface area contributed by atoms with Crippen molar-refractivity contribution < 1.29 is 19.2 Å². The molecule has 8 heteroatoms. The van der Waals surface area contributed by atoms with Gasteiger partial charge in [-0.3, -0.25) is 14.9 Å². The molecular weight excluding hydrogens is 368 g/mol. The van der Waals surface area contributed by atoms with Crippen LogP contribution < -0.4 is 14.8 Å². The number of nitro benzene ring substituents is 1. The minimum absolute atomic E-state index is 0.000178. The number of nitrogens with one attached hydrogen (secondary N) is 1. The lowest BCUT2D eigenvalue weighted by Gasteiger charge is -2.09. The summed E-state index contributed by atoms with van der Waals surface area (Å²) in [6, 6.07) is 11.2. The summed E-state index contributed by atoms with van der Waals surface area (Å²) in [5.74, 6) is -0.0870. The van der Waals surface area contributed by atoms with Crippen molar-refractivity contribution in [2.75, 3.05) is 19.0 Å². The normalized spacial score (nSPS) is 10.0. The Labute approximate surface area is 140 Å². The van der Waals surface area contributed by atoms with Gasteiger partial charge in [0.2, 0.25) is 0 Å². The maximum Gasteiger partial charge on any atom is 0.314 e. The zero-order chi connectivity index (χ0) is 16.8. The predicted molar refractivity (Wildman–Crippen MR) is 87.9 cm³/mol. The summed E-state index contributed by atoms with van der Waals surface area (Å²) in [6.45, 7) is -0.348. The van der Waals surface area contributed by atoms with Crippen LogP contribution in [0.2, 0.25) is 0 Å². The number of nitrogens with zero attached hydrogens (tertiary/aromatic N) is 1. The Balaban J connectivity index is 2.02. The first-order chi connectivity index (χ1) is 11.0. The fourth-order valence-corrected chi connectivity index (χ4v) is 2.19. The van der Waals surface area contributed by atoms with E-state index in [0.29, 0.717) is 11.4 Å². The molecule has 0 aliphatic heterocycles. The Morgan fingerprint density at radius 2 is 2.09 bits per heavy atom. The highest BCUT2D eigenvalue weighted by molar-refractivity contribution is 9.10. The van der Waals surface area contributed by atoms with Crippen LogP contribution in [0.4, 0.5) is 11.4 Å². The Morgan fingerprint density at radius 1 is 1.30 bits per heavy atom. The van der Waals surface area contributed by atoms with Gasteiger partial charge in [0.05, 0.1) is 18.1 Å². The third-order valence-electron chi connectivity index (χ3n) is 2.83. The largest absolute Gasteiger partial charge is 0.496 e. The quantitative estimate of drug-likeness (QED) is 0.612. The van der Waals surface area contributed by atoms with Crippen molar-refractivity contribution in [2.45, 2.75) is 0 Å². The molecule has 2 rings (SSSR count). The molecule has 1 amide bonds. The average Bonchev–Trinajstić information content (AvgIpc) is 2.52. The topological polar surface area (TPSA) is 90.7 Å². The van der Waals surface area contributed by atoms with Gasteiger partial charge in [0.15, 0.2) is 12.4 Å². The molecule has 0 radical (unpaired) electrons. The van der Waals surface area contributed by atoms with E-state index in [4.69, 9.17) is 9.47 Å². The van der Waals surface area contributed by atoms with Crippen LogP contribution in [0.5, 0.6) is 11.5 Å². The summed E-state index contributed by atoms with van der Waals surface area (Å²) in [7, 11) is 1.41. The molecule has 7 nitrogen and oxygen atoms in total. The smallest absolute Gasteiger partial charge is 0.314 e. The van der Waals surface area contributed by atoms with E-state index < -0.39 is 10.8 Å². The van der Waals surface area contributed by atoms with E-state index >= 15 is 0 Å². The summed E-state index contributed by atoms with van der Waals surface area (Å²) in [6.07, 6.45) is 0. The van der Waals surface area contributed by atoms with E-state index in [1.807, 2.05) is 6.07 Å². The fourth-order valence-electron chi connectivity index (χ4n) is 1.80. The van der Waals surface area contributed by atoms with E-state index in [1.54, 1.807) is 18.2 Å². The number of benzene rings is 2. The lowest BCUT2D eigenvalue weighted by atomic mass is 10.3. The number of rotatable bonds is 6. The molecule has 2 aromatic carbocycles. The van der Waals surface area contributed by atoms with E-state index in [-0.39, 0.29) is 18.0 Å². The third-order valence-corrected chi connectivity index (χ3v) is 3.32. The second-order valence-corrected chi connectivity index (χ2v) is 5.35. The molecular formula is C15H13BrN2O5. The molecule has 1 N–H and O–H groups in total. The van der Waals surface area contributed by atoms with Gasteiger partial charge in [-0.25, -0.2) is 0 Å². The Morgan fingerprint density at radius 3 is 2.74 bits per heavy atom. The third kappa shape index (κ3) is 4.68. The first-order valence-corrected chi connectivity index (χ1v) is 7.29. The Hall–Kier alpha value is -2.61. The van der Waals surface area contributed by atoms with Gasteiger partial charge in [-0.15, -0.1) is 0 Å². The lowest BCUT2D eigenvalue weighted by molar-refractivity contribution is -0.385. The molecule has 0 bridgehead atoms. The minimum Gasteiger partial charge on any atom is -0.496 e. The van der Waals surface area contributed by atoms with E-state index in [2.05, 4.69) is 21.2 Å². The van der Waals surface area contributed by atoms with Crippen molar-refractivity contribution in [1.29, 1.82) is 0 Å². The minimum atomic E-state index is -0.593. The van der Waals surface area contributed by atoms with Gasteiger partial charge in [0, 0.05) is 10.2 Å². The van der Waals surface area contributed by atoms with Crippen molar-refractivity contribution in [1.82, 2.24) is 0 Å². The maximum absolute atomic E-state index is 11.9. The monoisotopic (exact) mass is 380 g/mol. The standard InChI is InChI=1S/C15H13BrN2O5/c1-22-12-5-6-14(13(8-12)18(20)21)23-9-15(19)17-11-4-2-3-10(16)7-11/h2-8H,9H2,1H3,(H,17,19). The number of carbonyl (C=O) groups is 1. The van der Waals surface area contributed by atoms with Gasteiger partial charge in [-0.1, -0.05) is 22.0 Å². The number of carbonyl (C=O) groups excluding carboxylic acids is 1. The highest BCUT2D eigenvalue weighted by Crippen LogP contribution is 2.30. The number of anilines is 1. The predicted octanol–water partition coefficient (Wildman–Crippen LogP) is 3.38. The van der Waals surface area contributed by atoms with E-state index in [1.165, 1.54) is 25.3 Å². The second kappa shape index (κ2) is 7.59. The average molecular weight is 381 g/mol. The Kier molecular flexibility index (Phi) is 5.53. The van der Waals surface area contributed by atoms with E-state index in [0.717, 1.165) is 4.47 Å². The molecule has 0 saturated carbocycles. The SMILES string of the molecule is COc1ccc(OCC(=O)Nc2cccc(Br)c2)c([N+](=O)[O-])c1. The summed E-state index contributed by atoms with van der Waals surface area (Å²) in [4.78, 5) is 22.3. The summed E-state index contributed by atoms with van der Waals surface area (Å²) in [5, 5.41) is 13.7. The van der Waals surface area contributed by atoms with Crippen LogP contribution in [-0.2, 0) is 4.79 Å². The van der Waals surface area contributed by atoms with Gasteiger partial charge in [-0.2, -0.15) is 0 Å². The van der Waals surface area contributed by atoms with Crippen LogP contribution in [0.1, 0.15) is 0 Å². The highest BCUT2D eigenvalue weighted by atomic mass is 79.9. The Bertz CT molecular complexity index is 736.